The predicted octanol–water partition coefficient (Wildman–Crippen LogP) is 6.64. The molecule has 0 saturated carbocycles. The lowest BCUT2D eigenvalue weighted by Crippen LogP contribution is -2.20. The van der Waals surface area contributed by atoms with Crippen LogP contribution in [0.4, 0.5) is 5.69 Å². The number of amides is 1. The van der Waals surface area contributed by atoms with Crippen molar-refractivity contribution >= 4 is 22.7 Å². The number of nitrogens with one attached hydrogen (secondary N) is 1. The van der Waals surface area contributed by atoms with Crippen LogP contribution in [0.1, 0.15) is 42.9 Å². The van der Waals surface area contributed by atoms with Gasteiger partial charge >= 0.3 is 0 Å². The van der Waals surface area contributed by atoms with Crippen molar-refractivity contribution in [1.82, 2.24) is 4.98 Å². The summed E-state index contributed by atoms with van der Waals surface area (Å²) in [5.41, 5.74) is 6.79. The summed E-state index contributed by atoms with van der Waals surface area (Å²) in [4.78, 5) is 16.9. The standard InChI is InChI=1S/C27H28N2O3/c1-5-17(2)20-8-12-23(13-9-20)31-16-26(30)28-22-10-6-21(7-11-22)27-29-24-14-18(3)19(4)15-25(24)32-27/h6-15,17H,5,16H2,1-4H3,(H,28,30)/t17-/m0/s1. The first-order chi connectivity index (χ1) is 15.4. The molecule has 4 rings (SSSR count). The smallest absolute Gasteiger partial charge is 0.262 e. The fraction of sp³-hybridized carbons (Fsp3) is 0.259. The van der Waals surface area contributed by atoms with Gasteiger partial charge < -0.3 is 14.5 Å². The van der Waals surface area contributed by atoms with Crippen molar-refractivity contribution in [3.8, 4) is 17.2 Å². The van der Waals surface area contributed by atoms with Gasteiger partial charge in [-0.2, -0.15) is 0 Å². The molecule has 1 N–H and O–H groups in total. The van der Waals surface area contributed by atoms with Gasteiger partial charge in [0.05, 0.1) is 0 Å². The molecule has 164 valence electrons. The molecule has 0 radical (unpaired) electrons. The van der Waals surface area contributed by atoms with Crippen molar-refractivity contribution in [2.75, 3.05) is 11.9 Å². The molecule has 1 heterocycles. The van der Waals surface area contributed by atoms with E-state index in [1.54, 1.807) is 0 Å². The van der Waals surface area contributed by atoms with Crippen LogP contribution in [0.15, 0.2) is 65.1 Å². The van der Waals surface area contributed by atoms with Crippen LogP contribution in [0.3, 0.4) is 0 Å². The maximum absolute atomic E-state index is 12.3. The molecular formula is C27H28N2O3. The molecule has 0 unspecified atom stereocenters. The Kier molecular flexibility index (Phi) is 6.26. The van der Waals surface area contributed by atoms with E-state index in [9.17, 15) is 4.79 Å². The van der Waals surface area contributed by atoms with Crippen LogP contribution in [0.2, 0.25) is 0 Å². The summed E-state index contributed by atoms with van der Waals surface area (Å²) in [6.07, 6.45) is 1.09. The monoisotopic (exact) mass is 428 g/mol. The topological polar surface area (TPSA) is 64.4 Å². The Morgan fingerprint density at radius 2 is 1.72 bits per heavy atom. The molecule has 0 fully saturated rings. The van der Waals surface area contributed by atoms with Gasteiger partial charge in [0.25, 0.3) is 5.91 Å². The summed E-state index contributed by atoms with van der Waals surface area (Å²) in [7, 11) is 0. The van der Waals surface area contributed by atoms with Gasteiger partial charge in [-0.25, -0.2) is 4.98 Å². The van der Waals surface area contributed by atoms with Crippen LogP contribution >= 0.6 is 0 Å². The number of nitrogens with zero attached hydrogens (tertiary/aromatic N) is 1. The molecule has 32 heavy (non-hydrogen) atoms. The van der Waals surface area contributed by atoms with E-state index in [-0.39, 0.29) is 12.5 Å². The summed E-state index contributed by atoms with van der Waals surface area (Å²) in [6, 6.07) is 19.4. The highest BCUT2D eigenvalue weighted by atomic mass is 16.5. The Hall–Kier alpha value is -3.60. The molecule has 1 atom stereocenters. The minimum absolute atomic E-state index is 0.0474. The average molecular weight is 429 g/mol. The highest BCUT2D eigenvalue weighted by Gasteiger charge is 2.11. The zero-order valence-corrected chi connectivity index (χ0v) is 18.9. The Morgan fingerprint density at radius 1 is 1.03 bits per heavy atom. The molecule has 0 aliphatic heterocycles. The molecule has 0 aliphatic rings. The third-order valence-corrected chi connectivity index (χ3v) is 5.85. The van der Waals surface area contributed by atoms with Crippen molar-refractivity contribution in [2.45, 2.75) is 40.0 Å². The minimum Gasteiger partial charge on any atom is -0.484 e. The van der Waals surface area contributed by atoms with Gasteiger partial charge in [-0.05, 0) is 91.4 Å². The molecule has 0 aliphatic carbocycles. The van der Waals surface area contributed by atoms with Gasteiger partial charge in [0.15, 0.2) is 12.2 Å². The normalized spacial score (nSPS) is 12.0. The quantitative estimate of drug-likeness (QED) is 0.358. The number of aryl methyl sites for hydroxylation is 2. The molecule has 0 saturated heterocycles. The number of ether oxygens (including phenoxy) is 1. The number of aromatic nitrogens is 1. The van der Waals surface area contributed by atoms with Gasteiger partial charge in [0.1, 0.15) is 11.3 Å². The first kappa shape index (κ1) is 21.6. The number of rotatable bonds is 7. The number of fused-ring (bicyclic) bond motifs is 1. The number of hydrogen-bond acceptors (Lipinski definition) is 4. The van der Waals surface area contributed by atoms with Crippen molar-refractivity contribution in [3.05, 3.63) is 77.4 Å². The number of oxazole rings is 1. The number of carbonyl (C=O) groups excluding carboxylic acids is 1. The number of benzene rings is 3. The predicted molar refractivity (Wildman–Crippen MR) is 128 cm³/mol. The van der Waals surface area contributed by atoms with E-state index in [0.29, 0.717) is 23.2 Å². The van der Waals surface area contributed by atoms with Crippen molar-refractivity contribution < 1.29 is 13.9 Å². The molecule has 1 amide bonds. The SMILES string of the molecule is CC[C@H](C)c1ccc(OCC(=O)Nc2ccc(-c3nc4cc(C)c(C)cc4o3)cc2)cc1. The second-order valence-electron chi connectivity index (χ2n) is 8.22. The largest absolute Gasteiger partial charge is 0.484 e. The Balaban J connectivity index is 1.35. The van der Waals surface area contributed by atoms with E-state index >= 15 is 0 Å². The lowest BCUT2D eigenvalue weighted by Gasteiger charge is -2.11. The maximum Gasteiger partial charge on any atom is 0.262 e. The van der Waals surface area contributed by atoms with Crippen molar-refractivity contribution in [2.24, 2.45) is 0 Å². The van der Waals surface area contributed by atoms with E-state index in [0.717, 1.165) is 23.1 Å². The summed E-state index contributed by atoms with van der Waals surface area (Å²) in [5, 5.41) is 2.86. The van der Waals surface area contributed by atoms with E-state index < -0.39 is 0 Å². The fourth-order valence-corrected chi connectivity index (χ4v) is 3.47. The van der Waals surface area contributed by atoms with Gasteiger partial charge in [0.2, 0.25) is 5.89 Å². The number of carbonyl (C=O) groups is 1. The summed E-state index contributed by atoms with van der Waals surface area (Å²) < 4.78 is 11.5. The van der Waals surface area contributed by atoms with E-state index in [1.807, 2.05) is 48.5 Å². The first-order valence-corrected chi connectivity index (χ1v) is 10.9. The molecule has 3 aromatic carbocycles. The van der Waals surface area contributed by atoms with Crippen molar-refractivity contribution in [3.63, 3.8) is 0 Å². The fourth-order valence-electron chi connectivity index (χ4n) is 3.47. The highest BCUT2D eigenvalue weighted by Crippen LogP contribution is 2.27. The maximum atomic E-state index is 12.3. The summed E-state index contributed by atoms with van der Waals surface area (Å²) in [5.74, 6) is 1.55. The number of hydrogen-bond donors (Lipinski definition) is 1. The van der Waals surface area contributed by atoms with Crippen LogP contribution in [0, 0.1) is 13.8 Å². The summed E-state index contributed by atoms with van der Waals surface area (Å²) >= 11 is 0. The minimum atomic E-state index is -0.212. The van der Waals surface area contributed by atoms with Crippen LogP contribution in [0.5, 0.6) is 5.75 Å². The molecule has 1 aromatic heterocycles. The molecule has 4 aromatic rings. The lowest BCUT2D eigenvalue weighted by atomic mass is 9.99. The van der Waals surface area contributed by atoms with Crippen LogP contribution < -0.4 is 10.1 Å². The van der Waals surface area contributed by atoms with Crippen LogP contribution in [-0.4, -0.2) is 17.5 Å². The molecule has 0 spiro atoms. The summed E-state index contributed by atoms with van der Waals surface area (Å²) in [6.45, 7) is 8.43. The van der Waals surface area contributed by atoms with E-state index in [4.69, 9.17) is 9.15 Å². The van der Waals surface area contributed by atoms with Crippen LogP contribution in [0.25, 0.3) is 22.6 Å². The molecule has 5 heteroatoms. The van der Waals surface area contributed by atoms with Crippen LogP contribution in [-0.2, 0) is 4.79 Å². The average Bonchev–Trinajstić information content (AvgIpc) is 3.21. The van der Waals surface area contributed by atoms with E-state index in [1.165, 1.54) is 16.7 Å². The third kappa shape index (κ3) is 4.83. The molecule has 5 nitrogen and oxygen atoms in total. The second kappa shape index (κ2) is 9.27. The van der Waals surface area contributed by atoms with Crippen molar-refractivity contribution in [1.29, 1.82) is 0 Å². The zero-order valence-electron chi connectivity index (χ0n) is 18.9. The molecule has 0 bridgehead atoms. The lowest BCUT2D eigenvalue weighted by molar-refractivity contribution is -0.118. The van der Waals surface area contributed by atoms with Gasteiger partial charge in [0, 0.05) is 11.3 Å². The first-order valence-electron chi connectivity index (χ1n) is 10.9. The van der Waals surface area contributed by atoms with E-state index in [2.05, 4.69) is 50.1 Å². The zero-order chi connectivity index (χ0) is 22.7. The third-order valence-electron chi connectivity index (χ3n) is 5.85. The van der Waals surface area contributed by atoms with Gasteiger partial charge in [-0.15, -0.1) is 0 Å². The molecular weight excluding hydrogens is 400 g/mol. The van der Waals surface area contributed by atoms with Gasteiger partial charge in [-0.1, -0.05) is 26.0 Å². The highest BCUT2D eigenvalue weighted by molar-refractivity contribution is 5.92. The second-order valence-corrected chi connectivity index (χ2v) is 8.22. The van der Waals surface area contributed by atoms with Gasteiger partial charge in [-0.3, -0.25) is 4.79 Å². The Morgan fingerprint density at radius 3 is 2.41 bits per heavy atom. The number of anilines is 1. The Labute approximate surface area is 188 Å². The Bertz CT molecular complexity index is 1190.